The second-order valence-corrected chi connectivity index (χ2v) is 3.32. The molecule has 0 aromatic heterocycles. The van der Waals surface area contributed by atoms with Gasteiger partial charge >= 0.3 is 0 Å². The van der Waals surface area contributed by atoms with Gasteiger partial charge in [0.1, 0.15) is 0 Å². The zero-order valence-electron chi connectivity index (χ0n) is 5.93. The van der Waals surface area contributed by atoms with Crippen molar-refractivity contribution in [2.75, 3.05) is 6.26 Å². The molecule has 0 amide bonds. The summed E-state index contributed by atoms with van der Waals surface area (Å²) in [7, 11) is 0. The third-order valence-corrected chi connectivity index (χ3v) is 0.862. The number of hydrogen-bond donors (Lipinski definition) is 0. The van der Waals surface area contributed by atoms with Crippen LogP contribution in [-0.4, -0.2) is 17.3 Å². The Kier molecular flexibility index (Phi) is 3.13. The van der Waals surface area contributed by atoms with Crippen LogP contribution in [0.2, 0.25) is 0 Å². The van der Waals surface area contributed by atoms with Crippen molar-refractivity contribution in [1.82, 2.24) is 0 Å². The molecule has 0 aromatic carbocycles. The maximum absolute atomic E-state index is 4.21. The summed E-state index contributed by atoms with van der Waals surface area (Å²) in [5, 5.41) is 0. The van der Waals surface area contributed by atoms with Gasteiger partial charge in [-0.25, -0.2) is 0 Å². The van der Waals surface area contributed by atoms with Gasteiger partial charge in [0.15, 0.2) is 0 Å². The Morgan fingerprint density at radius 1 is 1.38 bits per heavy atom. The van der Waals surface area contributed by atoms with Crippen LogP contribution in [-0.2, 0) is 0 Å². The summed E-state index contributed by atoms with van der Waals surface area (Å²) in [4.78, 5) is 4.21. The smallest absolute Gasteiger partial charge is 0.0544 e. The molecule has 0 unspecified atom stereocenters. The summed E-state index contributed by atoms with van der Waals surface area (Å²) in [6.07, 6.45) is 2.01. The minimum Gasteiger partial charge on any atom is -0.281 e. The predicted molar refractivity (Wildman–Crippen MR) is 41.8 cm³/mol. The average molecular weight is 131 g/mol. The topological polar surface area (TPSA) is 12.4 Å². The largest absolute Gasteiger partial charge is 0.281 e. The van der Waals surface area contributed by atoms with Crippen molar-refractivity contribution in [2.45, 2.75) is 26.3 Å². The molecule has 0 aliphatic heterocycles. The van der Waals surface area contributed by atoms with Crippen LogP contribution in [0.5, 0.6) is 0 Å². The highest BCUT2D eigenvalue weighted by Gasteiger charge is 2.03. The van der Waals surface area contributed by atoms with Crippen molar-refractivity contribution in [1.29, 1.82) is 0 Å². The van der Waals surface area contributed by atoms with E-state index in [1.807, 2.05) is 11.8 Å². The molecule has 0 aliphatic carbocycles. The van der Waals surface area contributed by atoms with Gasteiger partial charge < -0.3 is 0 Å². The van der Waals surface area contributed by atoms with E-state index >= 15 is 0 Å². The quantitative estimate of drug-likeness (QED) is 0.392. The van der Waals surface area contributed by atoms with E-state index in [0.717, 1.165) is 0 Å². The van der Waals surface area contributed by atoms with Crippen LogP contribution < -0.4 is 0 Å². The molecule has 0 saturated heterocycles. The molecule has 0 aliphatic rings. The van der Waals surface area contributed by atoms with Crippen molar-refractivity contribution >= 4 is 17.3 Å². The first-order valence-electron chi connectivity index (χ1n) is 2.63. The number of rotatable bonds is 1. The van der Waals surface area contributed by atoms with Gasteiger partial charge in [0.25, 0.3) is 0 Å². The van der Waals surface area contributed by atoms with Gasteiger partial charge in [0, 0.05) is 0 Å². The minimum atomic E-state index is 0.100. The molecule has 0 atom stereocenters. The Balaban J connectivity index is 3.52. The molecule has 0 aromatic rings. The standard InChI is InChI=1S/C6H13NS/c1-6(2,3)7-5-8-4/h5H,1-4H3/b7-5+. The lowest BCUT2D eigenvalue weighted by Gasteiger charge is -2.09. The molecule has 48 valence electrons. The van der Waals surface area contributed by atoms with Gasteiger partial charge in [-0.3, -0.25) is 4.99 Å². The highest BCUT2D eigenvalue weighted by molar-refractivity contribution is 8.11. The van der Waals surface area contributed by atoms with Gasteiger partial charge in [0.2, 0.25) is 0 Å². The van der Waals surface area contributed by atoms with Crippen LogP contribution in [0.1, 0.15) is 20.8 Å². The molecule has 8 heavy (non-hydrogen) atoms. The highest BCUT2D eigenvalue weighted by atomic mass is 32.2. The van der Waals surface area contributed by atoms with Crippen LogP contribution in [0.25, 0.3) is 0 Å². The SMILES string of the molecule is CS/C=N/C(C)(C)C. The first-order chi connectivity index (χ1) is 3.56. The van der Waals surface area contributed by atoms with E-state index in [1.54, 1.807) is 11.8 Å². The molecular weight excluding hydrogens is 118 g/mol. The summed E-state index contributed by atoms with van der Waals surface area (Å²) < 4.78 is 0. The lowest BCUT2D eigenvalue weighted by atomic mass is 10.1. The normalized spacial score (nSPS) is 13.0. The second kappa shape index (κ2) is 3.13. The molecule has 0 saturated carbocycles. The second-order valence-electron chi connectivity index (χ2n) is 2.64. The van der Waals surface area contributed by atoms with Crippen LogP contribution in [0, 0.1) is 0 Å². The first-order valence-corrected chi connectivity index (χ1v) is 3.91. The molecule has 2 heteroatoms. The van der Waals surface area contributed by atoms with Crippen molar-refractivity contribution in [3.63, 3.8) is 0 Å². The van der Waals surface area contributed by atoms with Gasteiger partial charge in [-0.15, -0.1) is 11.8 Å². The molecule has 0 rings (SSSR count). The first kappa shape index (κ1) is 8.02. The van der Waals surface area contributed by atoms with E-state index < -0.39 is 0 Å². The molecule has 0 bridgehead atoms. The number of nitrogens with zero attached hydrogens (tertiary/aromatic N) is 1. The summed E-state index contributed by atoms with van der Waals surface area (Å²) >= 11 is 1.64. The Labute approximate surface area is 55.6 Å². The Morgan fingerprint density at radius 2 is 1.88 bits per heavy atom. The van der Waals surface area contributed by atoms with Crippen LogP contribution in [0.15, 0.2) is 4.99 Å². The van der Waals surface area contributed by atoms with E-state index in [9.17, 15) is 0 Å². The summed E-state index contributed by atoms with van der Waals surface area (Å²) in [6, 6.07) is 0. The minimum absolute atomic E-state index is 0.100. The number of thioether (sulfide) groups is 1. The van der Waals surface area contributed by atoms with Crippen molar-refractivity contribution in [2.24, 2.45) is 4.99 Å². The maximum atomic E-state index is 4.21. The molecule has 0 radical (unpaired) electrons. The van der Waals surface area contributed by atoms with Crippen LogP contribution in [0.4, 0.5) is 0 Å². The lowest BCUT2D eigenvalue weighted by Crippen LogP contribution is -2.08. The fourth-order valence-corrected chi connectivity index (χ4v) is 0.632. The molecule has 0 spiro atoms. The molecular formula is C6H13NS. The molecule has 0 heterocycles. The van der Waals surface area contributed by atoms with Crippen molar-refractivity contribution < 1.29 is 0 Å². The predicted octanol–water partition coefficient (Wildman–Crippen LogP) is 2.18. The van der Waals surface area contributed by atoms with Gasteiger partial charge in [-0.1, -0.05) is 0 Å². The third kappa shape index (κ3) is 6.02. The number of hydrogen-bond acceptors (Lipinski definition) is 2. The Morgan fingerprint density at radius 3 is 2.00 bits per heavy atom. The maximum Gasteiger partial charge on any atom is 0.0544 e. The monoisotopic (exact) mass is 131 g/mol. The van der Waals surface area contributed by atoms with Gasteiger partial charge in [-0.2, -0.15) is 0 Å². The van der Waals surface area contributed by atoms with E-state index in [2.05, 4.69) is 25.8 Å². The third-order valence-electron chi connectivity index (χ3n) is 0.545. The van der Waals surface area contributed by atoms with Gasteiger partial charge in [-0.05, 0) is 27.0 Å². The molecule has 0 fully saturated rings. The van der Waals surface area contributed by atoms with E-state index in [1.165, 1.54) is 0 Å². The van der Waals surface area contributed by atoms with Crippen molar-refractivity contribution in [3.05, 3.63) is 0 Å². The fraction of sp³-hybridized carbons (Fsp3) is 0.833. The number of aliphatic imine (C=N–C) groups is 1. The highest BCUT2D eigenvalue weighted by Crippen LogP contribution is 2.05. The van der Waals surface area contributed by atoms with Gasteiger partial charge in [0.05, 0.1) is 11.1 Å². The summed E-state index contributed by atoms with van der Waals surface area (Å²) in [5.74, 6) is 0. The Hall–Kier alpha value is 0.0200. The van der Waals surface area contributed by atoms with Crippen LogP contribution in [0.3, 0.4) is 0 Å². The fourth-order valence-electron chi connectivity index (χ4n) is 0.211. The zero-order valence-corrected chi connectivity index (χ0v) is 6.75. The van der Waals surface area contributed by atoms with E-state index in [0.29, 0.717) is 0 Å². The van der Waals surface area contributed by atoms with E-state index in [-0.39, 0.29) is 5.54 Å². The van der Waals surface area contributed by atoms with Crippen molar-refractivity contribution in [3.8, 4) is 0 Å². The summed E-state index contributed by atoms with van der Waals surface area (Å²) in [5.41, 5.74) is 1.98. The van der Waals surface area contributed by atoms with E-state index in [4.69, 9.17) is 0 Å². The summed E-state index contributed by atoms with van der Waals surface area (Å²) in [6.45, 7) is 6.25. The zero-order chi connectivity index (χ0) is 6.62. The molecule has 1 nitrogen and oxygen atoms in total. The van der Waals surface area contributed by atoms with Crippen LogP contribution >= 0.6 is 11.8 Å². The average Bonchev–Trinajstić information content (AvgIpc) is 1.59. The Bertz CT molecular complexity index is 81.0. The molecule has 0 N–H and O–H groups in total. The lowest BCUT2D eigenvalue weighted by molar-refractivity contribution is 0.588.